The lowest BCUT2D eigenvalue weighted by Gasteiger charge is -2.09. The zero-order valence-electron chi connectivity index (χ0n) is 15.3. The number of methoxy groups -OCH3 is 1. The molecule has 0 aliphatic heterocycles. The number of hydrogen-bond acceptors (Lipinski definition) is 5. The second-order valence-electron chi connectivity index (χ2n) is 5.49. The maximum Gasteiger partial charge on any atom is 0.249 e. The van der Waals surface area contributed by atoms with Gasteiger partial charge in [-0.25, -0.2) is 5.43 Å². The van der Waals surface area contributed by atoms with Crippen LogP contribution in [0.4, 0.5) is 5.69 Å². The Morgan fingerprint density at radius 1 is 1.07 bits per heavy atom. The van der Waals surface area contributed by atoms with Crippen LogP contribution in [0.2, 0.25) is 10.0 Å². The van der Waals surface area contributed by atoms with E-state index in [0.717, 1.165) is 0 Å². The number of carbonyl (C=O) groups is 2. The third-order valence-corrected chi connectivity index (χ3v) is 4.15. The van der Waals surface area contributed by atoms with Gasteiger partial charge in [0.1, 0.15) is 6.42 Å². The van der Waals surface area contributed by atoms with Crippen LogP contribution in [-0.4, -0.2) is 31.7 Å². The number of anilines is 1. The van der Waals surface area contributed by atoms with E-state index in [9.17, 15) is 9.59 Å². The SMILES string of the molecule is CCOc1cc(C=NNC(=O)CC(=O)Nc2ccc(Cl)c(Cl)c2)ccc1OC. The molecule has 2 aromatic carbocycles. The second kappa shape index (κ2) is 10.5. The monoisotopic (exact) mass is 423 g/mol. The molecule has 0 saturated carbocycles. The standard InChI is InChI=1S/C19H19Cl2N3O4/c1-3-28-17-8-12(4-7-16(17)27-2)11-22-24-19(26)10-18(25)23-13-5-6-14(20)15(21)9-13/h4-9,11H,3,10H2,1-2H3,(H,23,25)(H,24,26). The summed E-state index contributed by atoms with van der Waals surface area (Å²) in [6.45, 7) is 2.35. The van der Waals surface area contributed by atoms with Gasteiger partial charge in [-0.2, -0.15) is 5.10 Å². The van der Waals surface area contributed by atoms with Crippen molar-refractivity contribution in [3.63, 3.8) is 0 Å². The Balaban J connectivity index is 1.88. The number of ether oxygens (including phenoxy) is 2. The lowest BCUT2D eigenvalue weighted by Crippen LogP contribution is -2.24. The zero-order chi connectivity index (χ0) is 20.5. The smallest absolute Gasteiger partial charge is 0.249 e. The van der Waals surface area contributed by atoms with Crippen molar-refractivity contribution in [1.82, 2.24) is 5.43 Å². The highest BCUT2D eigenvalue weighted by Gasteiger charge is 2.10. The third kappa shape index (κ3) is 6.44. The first-order chi connectivity index (χ1) is 13.4. The number of nitrogens with one attached hydrogen (secondary N) is 2. The van der Waals surface area contributed by atoms with E-state index in [0.29, 0.717) is 39.4 Å². The minimum atomic E-state index is -0.563. The molecule has 0 atom stereocenters. The van der Waals surface area contributed by atoms with Gasteiger partial charge in [-0.1, -0.05) is 23.2 Å². The van der Waals surface area contributed by atoms with Crippen molar-refractivity contribution in [3.05, 3.63) is 52.0 Å². The number of nitrogens with zero attached hydrogens (tertiary/aromatic N) is 1. The van der Waals surface area contributed by atoms with Gasteiger partial charge in [-0.15, -0.1) is 0 Å². The number of hydrazone groups is 1. The molecule has 9 heteroatoms. The molecule has 0 aliphatic carbocycles. The van der Waals surface area contributed by atoms with Gasteiger partial charge in [-0.3, -0.25) is 9.59 Å². The summed E-state index contributed by atoms with van der Waals surface area (Å²) in [4.78, 5) is 23.8. The molecule has 28 heavy (non-hydrogen) atoms. The lowest BCUT2D eigenvalue weighted by atomic mass is 10.2. The van der Waals surface area contributed by atoms with Gasteiger partial charge in [-0.05, 0) is 48.9 Å². The molecule has 0 radical (unpaired) electrons. The van der Waals surface area contributed by atoms with E-state index >= 15 is 0 Å². The lowest BCUT2D eigenvalue weighted by molar-refractivity contribution is -0.126. The highest BCUT2D eigenvalue weighted by molar-refractivity contribution is 6.42. The topological polar surface area (TPSA) is 89.0 Å². The van der Waals surface area contributed by atoms with Crippen molar-refractivity contribution in [2.45, 2.75) is 13.3 Å². The van der Waals surface area contributed by atoms with Crippen molar-refractivity contribution < 1.29 is 19.1 Å². The van der Waals surface area contributed by atoms with E-state index < -0.39 is 18.2 Å². The predicted octanol–water partition coefficient (Wildman–Crippen LogP) is 3.88. The number of carbonyl (C=O) groups excluding carboxylic acids is 2. The highest BCUT2D eigenvalue weighted by Crippen LogP contribution is 2.27. The maximum absolute atomic E-state index is 11.9. The van der Waals surface area contributed by atoms with Crippen molar-refractivity contribution in [1.29, 1.82) is 0 Å². The number of halogens is 2. The highest BCUT2D eigenvalue weighted by atomic mass is 35.5. The van der Waals surface area contributed by atoms with Crippen LogP contribution >= 0.6 is 23.2 Å². The van der Waals surface area contributed by atoms with Crippen molar-refractivity contribution in [2.24, 2.45) is 5.10 Å². The van der Waals surface area contributed by atoms with E-state index in [4.69, 9.17) is 32.7 Å². The summed E-state index contributed by atoms with van der Waals surface area (Å²) in [6, 6.07) is 9.86. The molecule has 2 N–H and O–H groups in total. The fraction of sp³-hybridized carbons (Fsp3) is 0.211. The fourth-order valence-electron chi connectivity index (χ4n) is 2.19. The molecular formula is C19H19Cl2N3O4. The molecule has 7 nitrogen and oxygen atoms in total. The van der Waals surface area contributed by atoms with Crippen molar-refractivity contribution in [3.8, 4) is 11.5 Å². The van der Waals surface area contributed by atoms with Crippen LogP contribution in [0, 0.1) is 0 Å². The average Bonchev–Trinajstić information content (AvgIpc) is 2.65. The van der Waals surface area contributed by atoms with E-state index in [2.05, 4.69) is 15.8 Å². The Bertz CT molecular complexity index is 887. The first-order valence-electron chi connectivity index (χ1n) is 8.30. The molecule has 0 aliphatic rings. The molecule has 0 saturated heterocycles. The summed E-state index contributed by atoms with van der Waals surface area (Å²) in [6.07, 6.45) is 1.04. The third-order valence-electron chi connectivity index (χ3n) is 3.41. The second-order valence-corrected chi connectivity index (χ2v) is 6.30. The molecule has 0 bridgehead atoms. The number of hydrogen-bond donors (Lipinski definition) is 2. The fourth-order valence-corrected chi connectivity index (χ4v) is 2.48. The van der Waals surface area contributed by atoms with E-state index in [-0.39, 0.29) is 0 Å². The Morgan fingerprint density at radius 3 is 2.54 bits per heavy atom. The summed E-state index contributed by atoms with van der Waals surface area (Å²) in [5.41, 5.74) is 3.44. The molecule has 0 fully saturated rings. The summed E-state index contributed by atoms with van der Waals surface area (Å²) < 4.78 is 10.7. The molecule has 2 rings (SSSR count). The van der Waals surface area contributed by atoms with Crippen LogP contribution < -0.4 is 20.2 Å². The van der Waals surface area contributed by atoms with E-state index in [1.165, 1.54) is 12.3 Å². The van der Waals surface area contributed by atoms with E-state index in [1.54, 1.807) is 37.4 Å². The first-order valence-corrected chi connectivity index (χ1v) is 9.06. The van der Waals surface area contributed by atoms with Crippen LogP contribution in [0.5, 0.6) is 11.5 Å². The minimum Gasteiger partial charge on any atom is -0.493 e. The predicted molar refractivity (Wildman–Crippen MR) is 110 cm³/mol. The summed E-state index contributed by atoms with van der Waals surface area (Å²) >= 11 is 11.7. The molecule has 0 unspecified atom stereocenters. The number of benzene rings is 2. The molecular weight excluding hydrogens is 405 g/mol. The Hall–Kier alpha value is -2.77. The van der Waals surface area contributed by atoms with Crippen LogP contribution in [0.25, 0.3) is 0 Å². The van der Waals surface area contributed by atoms with Crippen LogP contribution in [0.3, 0.4) is 0 Å². The largest absolute Gasteiger partial charge is 0.493 e. The molecule has 0 spiro atoms. The van der Waals surface area contributed by atoms with Gasteiger partial charge in [0.05, 0.1) is 30.0 Å². The molecule has 148 valence electrons. The molecule has 0 aromatic heterocycles. The van der Waals surface area contributed by atoms with Gasteiger partial charge in [0.15, 0.2) is 11.5 Å². The van der Waals surface area contributed by atoms with Crippen LogP contribution in [0.1, 0.15) is 18.9 Å². The summed E-state index contributed by atoms with van der Waals surface area (Å²) in [7, 11) is 1.55. The first kappa shape index (κ1) is 21.5. The maximum atomic E-state index is 11.9. The summed E-state index contributed by atoms with van der Waals surface area (Å²) in [5.74, 6) is 0.102. The van der Waals surface area contributed by atoms with Gasteiger partial charge in [0.2, 0.25) is 11.8 Å². The number of rotatable bonds is 8. The van der Waals surface area contributed by atoms with Gasteiger partial charge >= 0.3 is 0 Å². The normalized spacial score (nSPS) is 10.6. The summed E-state index contributed by atoms with van der Waals surface area (Å²) in [5, 5.41) is 7.08. The molecule has 2 amide bonds. The van der Waals surface area contributed by atoms with Crippen molar-refractivity contribution in [2.75, 3.05) is 19.0 Å². The average molecular weight is 424 g/mol. The Labute approximate surface area is 172 Å². The Kier molecular flexibility index (Phi) is 8.10. The van der Waals surface area contributed by atoms with Gasteiger partial charge in [0, 0.05) is 5.69 Å². The van der Waals surface area contributed by atoms with Crippen molar-refractivity contribution >= 4 is 46.9 Å². The number of amides is 2. The van der Waals surface area contributed by atoms with Crippen LogP contribution in [0.15, 0.2) is 41.5 Å². The molecule has 2 aromatic rings. The van der Waals surface area contributed by atoms with Crippen LogP contribution in [-0.2, 0) is 9.59 Å². The van der Waals surface area contributed by atoms with Gasteiger partial charge < -0.3 is 14.8 Å². The molecule has 0 heterocycles. The zero-order valence-corrected chi connectivity index (χ0v) is 16.8. The van der Waals surface area contributed by atoms with E-state index in [1.807, 2.05) is 6.92 Å². The minimum absolute atomic E-state index is 0.305. The van der Waals surface area contributed by atoms with Gasteiger partial charge in [0.25, 0.3) is 0 Å². The Morgan fingerprint density at radius 2 is 1.86 bits per heavy atom. The quantitative estimate of drug-likeness (QED) is 0.383.